The van der Waals surface area contributed by atoms with E-state index in [1.807, 2.05) is 30.5 Å². The number of hydrogen-bond acceptors (Lipinski definition) is 7. The molecule has 0 aliphatic rings. The molecule has 0 aliphatic heterocycles. The van der Waals surface area contributed by atoms with E-state index in [0.29, 0.717) is 10.9 Å². The first kappa shape index (κ1) is 22.8. The van der Waals surface area contributed by atoms with E-state index in [2.05, 4.69) is 4.98 Å². The minimum absolute atomic E-state index is 0.0694. The second kappa shape index (κ2) is 9.65. The maximum Gasteiger partial charge on any atom is 0.265 e. The Morgan fingerprint density at radius 3 is 2.38 bits per heavy atom. The van der Waals surface area contributed by atoms with Gasteiger partial charge in [0.05, 0.1) is 48.1 Å². The van der Waals surface area contributed by atoms with Crippen LogP contribution in [-0.4, -0.2) is 73.4 Å². The lowest BCUT2D eigenvalue weighted by molar-refractivity contribution is -0.864. The molecular weight excluding hydrogens is 396 g/mol. The summed E-state index contributed by atoms with van der Waals surface area (Å²) in [5.74, 6) is -1.23. The van der Waals surface area contributed by atoms with Gasteiger partial charge in [0.1, 0.15) is 6.54 Å². The third-order valence-electron chi connectivity index (χ3n) is 3.07. The number of nitrogens with zero attached hydrogens (tertiary/aromatic N) is 2. The summed E-state index contributed by atoms with van der Waals surface area (Å²) in [5, 5.41) is 10.6. The lowest BCUT2D eigenvalue weighted by Gasteiger charge is -2.23. The molecule has 0 spiro atoms. The summed E-state index contributed by atoms with van der Waals surface area (Å²) in [7, 11) is 1.47. The summed E-state index contributed by atoms with van der Waals surface area (Å²) in [4.78, 5) is 14.3. The summed E-state index contributed by atoms with van der Waals surface area (Å²) < 4.78 is 32.2. The number of hydrogen-bond donors (Lipinski definition) is 1. The first-order chi connectivity index (χ1) is 11.9. The fourth-order valence-corrected chi connectivity index (χ4v) is 5.16. The van der Waals surface area contributed by atoms with Gasteiger partial charge >= 0.3 is 0 Å². The van der Waals surface area contributed by atoms with Gasteiger partial charge < -0.3 is 14.4 Å². The normalized spacial score (nSPS) is 13.1. The molecule has 2 rings (SSSR count). The predicted octanol–water partition coefficient (Wildman–Crippen LogP) is 0.901. The number of carbonyl (C=O) groups is 1. The summed E-state index contributed by atoms with van der Waals surface area (Å²) in [6, 6.07) is 7.81. The van der Waals surface area contributed by atoms with Crippen LogP contribution in [0.1, 0.15) is 5.01 Å². The molecule has 26 heavy (non-hydrogen) atoms. The molecule has 1 atom stereocenters. The van der Waals surface area contributed by atoms with Gasteiger partial charge in [0, 0.05) is 11.7 Å². The van der Waals surface area contributed by atoms with E-state index in [4.69, 9.17) is 4.55 Å². The molecule has 0 bridgehead atoms. The highest BCUT2D eigenvalue weighted by Crippen LogP contribution is 2.25. The molecule has 0 radical (unpaired) electrons. The molecule has 0 aliphatic carbocycles. The fraction of sp³-hybridized carbons (Fsp3) is 0.500. The highest BCUT2D eigenvalue weighted by molar-refractivity contribution is 8.00. The van der Waals surface area contributed by atoms with Gasteiger partial charge in [-0.3, -0.25) is 4.55 Å². The minimum atomic E-state index is -3.93. The monoisotopic (exact) mass is 420 g/mol. The van der Waals surface area contributed by atoms with Crippen molar-refractivity contribution in [3.63, 3.8) is 0 Å². The number of quaternary nitrogens is 1. The van der Waals surface area contributed by atoms with Gasteiger partial charge in [-0.05, 0) is 18.4 Å². The highest BCUT2D eigenvalue weighted by Gasteiger charge is 2.18. The lowest BCUT2D eigenvalue weighted by Crippen LogP contribution is -2.45. The summed E-state index contributed by atoms with van der Waals surface area (Å²) in [6.45, 7) is 0.0694. The van der Waals surface area contributed by atoms with Crippen LogP contribution < -0.4 is 5.11 Å². The number of carboxylic acids is 1. The van der Waals surface area contributed by atoms with E-state index in [1.54, 1.807) is 32.5 Å². The van der Waals surface area contributed by atoms with Crippen molar-refractivity contribution >= 4 is 49.4 Å². The zero-order chi connectivity index (χ0) is 20.0. The number of aliphatic carboxylic acids is 1. The first-order valence-electron chi connectivity index (χ1n) is 7.72. The number of likely N-dealkylation sites (N-methyl/N-ethyl adjacent to an activating group) is 1. The number of fused-ring (bicyclic) bond motifs is 1. The smallest absolute Gasteiger partial charge is 0.265 e. The average molecular weight is 421 g/mol. The fourth-order valence-electron chi connectivity index (χ4n) is 2.03. The van der Waals surface area contributed by atoms with Crippen molar-refractivity contribution in [2.45, 2.75) is 11.7 Å². The maximum absolute atomic E-state index is 10.9. The quantitative estimate of drug-likeness (QED) is 0.524. The van der Waals surface area contributed by atoms with Gasteiger partial charge in [0.2, 0.25) is 0 Å². The van der Waals surface area contributed by atoms with Crippen molar-refractivity contribution in [3.8, 4) is 0 Å². The molecule has 1 heterocycles. The highest BCUT2D eigenvalue weighted by atomic mass is 32.2. The number of para-hydroxylation sites is 1. The molecule has 1 aromatic carbocycles. The van der Waals surface area contributed by atoms with Crippen LogP contribution >= 0.6 is 23.1 Å². The van der Waals surface area contributed by atoms with E-state index in [9.17, 15) is 18.3 Å². The number of benzene rings is 1. The maximum atomic E-state index is 10.9. The molecule has 0 amide bonds. The van der Waals surface area contributed by atoms with E-state index < -0.39 is 16.1 Å². The first-order valence-corrected chi connectivity index (χ1v) is 11.4. The number of rotatable bonds is 7. The second-order valence-electron chi connectivity index (χ2n) is 6.71. The number of carbonyl (C=O) groups excluding carboxylic acids is 1. The minimum Gasteiger partial charge on any atom is -0.544 e. The summed E-state index contributed by atoms with van der Waals surface area (Å²) >= 11 is 3.00. The average Bonchev–Trinajstić information content (AvgIpc) is 2.85. The van der Waals surface area contributed by atoms with Gasteiger partial charge in [-0.15, -0.1) is 11.3 Å². The lowest BCUT2D eigenvalue weighted by atomic mass is 10.3. The SMILES string of the molecule is CSC(Cc1nc2ccccc2s1)CS(=O)(=O)O.C[N+](C)(C)CC(=O)[O-]. The van der Waals surface area contributed by atoms with Crippen molar-refractivity contribution in [1.29, 1.82) is 0 Å². The Morgan fingerprint density at radius 1 is 1.35 bits per heavy atom. The zero-order valence-corrected chi connectivity index (χ0v) is 17.7. The third-order valence-corrected chi connectivity index (χ3v) is 6.17. The van der Waals surface area contributed by atoms with Crippen LogP contribution in [0.15, 0.2) is 24.3 Å². The van der Waals surface area contributed by atoms with Gasteiger partial charge in [0.25, 0.3) is 10.1 Å². The molecule has 0 saturated heterocycles. The van der Waals surface area contributed by atoms with Crippen LogP contribution in [-0.2, 0) is 21.3 Å². The molecule has 1 N–H and O–H groups in total. The number of carboxylic acid groups (broad SMARTS) is 1. The summed E-state index contributed by atoms with van der Waals surface area (Å²) in [5.41, 5.74) is 0.934. The van der Waals surface area contributed by atoms with Crippen molar-refractivity contribution in [2.24, 2.45) is 0 Å². The Labute approximate surface area is 162 Å². The third kappa shape index (κ3) is 9.48. The van der Waals surface area contributed by atoms with Crippen molar-refractivity contribution in [1.82, 2.24) is 4.98 Å². The van der Waals surface area contributed by atoms with E-state index >= 15 is 0 Å². The number of thiazole rings is 1. The van der Waals surface area contributed by atoms with Crippen LogP contribution in [0, 0.1) is 0 Å². The Morgan fingerprint density at radius 2 is 1.96 bits per heavy atom. The van der Waals surface area contributed by atoms with Crippen molar-refractivity contribution < 1.29 is 27.4 Å². The van der Waals surface area contributed by atoms with E-state index in [1.165, 1.54) is 11.8 Å². The largest absolute Gasteiger partial charge is 0.544 e. The van der Waals surface area contributed by atoms with Gasteiger partial charge in [-0.1, -0.05) is 12.1 Å². The Bertz CT molecular complexity index is 795. The van der Waals surface area contributed by atoms with Crippen molar-refractivity contribution in [3.05, 3.63) is 29.3 Å². The van der Waals surface area contributed by atoms with Gasteiger partial charge in [-0.25, -0.2) is 4.98 Å². The van der Waals surface area contributed by atoms with Crippen LogP contribution in [0.2, 0.25) is 0 Å². The standard InChI is InChI=1S/C11H13NO3S3.C5H11NO2/c1-16-8(7-18(13,14)15)6-11-12-9-4-2-3-5-10(9)17-11;1-6(2,3)4-5(7)8/h2-5,8H,6-7H2,1H3,(H,13,14,15);4H2,1-3H3. The van der Waals surface area contributed by atoms with Crippen LogP contribution in [0.25, 0.3) is 10.2 Å². The molecule has 0 saturated carbocycles. The molecule has 0 fully saturated rings. The molecule has 146 valence electrons. The zero-order valence-electron chi connectivity index (χ0n) is 15.2. The predicted molar refractivity (Wildman–Crippen MR) is 105 cm³/mol. The Balaban J connectivity index is 0.000000359. The Hall–Kier alpha value is -1.20. The molecule has 1 aromatic heterocycles. The van der Waals surface area contributed by atoms with E-state index in [-0.39, 0.29) is 17.5 Å². The van der Waals surface area contributed by atoms with Crippen LogP contribution in [0.5, 0.6) is 0 Å². The van der Waals surface area contributed by atoms with Crippen molar-refractivity contribution in [2.75, 3.05) is 39.7 Å². The topological polar surface area (TPSA) is 107 Å². The van der Waals surface area contributed by atoms with Crippen LogP contribution in [0.4, 0.5) is 0 Å². The van der Waals surface area contributed by atoms with E-state index in [0.717, 1.165) is 15.2 Å². The van der Waals surface area contributed by atoms with Gasteiger partial charge in [-0.2, -0.15) is 20.2 Å². The van der Waals surface area contributed by atoms with Gasteiger partial charge in [0.15, 0.2) is 0 Å². The molecule has 7 nitrogen and oxygen atoms in total. The molecular formula is C16H24N2O5S3. The molecule has 10 heteroatoms. The molecule has 2 aromatic rings. The number of thioether (sulfide) groups is 1. The summed E-state index contributed by atoms with van der Waals surface area (Å²) in [6.07, 6.45) is 2.39. The Kier molecular flexibility index (Phi) is 8.48. The number of aromatic nitrogens is 1. The van der Waals surface area contributed by atoms with Crippen LogP contribution in [0.3, 0.4) is 0 Å². The molecule has 1 unspecified atom stereocenters. The second-order valence-corrected chi connectivity index (χ2v) is 10.5.